The summed E-state index contributed by atoms with van der Waals surface area (Å²) in [7, 11) is 0. The molecule has 0 spiro atoms. The third-order valence-electron chi connectivity index (χ3n) is 2.82. The number of ether oxygens (including phenoxy) is 1. The number of hydrogen-bond acceptors (Lipinski definition) is 3. The molecule has 0 saturated heterocycles. The van der Waals surface area contributed by atoms with Crippen molar-refractivity contribution in [2.75, 3.05) is 13.2 Å². The van der Waals surface area contributed by atoms with Gasteiger partial charge < -0.3 is 10.1 Å². The van der Waals surface area contributed by atoms with E-state index in [1.54, 1.807) is 11.3 Å². The van der Waals surface area contributed by atoms with Gasteiger partial charge in [0, 0.05) is 22.8 Å². The van der Waals surface area contributed by atoms with Crippen molar-refractivity contribution in [2.24, 2.45) is 0 Å². The Bertz CT molecular complexity index is 563. The van der Waals surface area contributed by atoms with Gasteiger partial charge in [-0.3, -0.25) is 0 Å². The molecule has 1 N–H and O–H groups in total. The Labute approximate surface area is 125 Å². The molecule has 2 nitrogen and oxygen atoms in total. The monoisotopic (exact) mass is 315 g/mol. The van der Waals surface area contributed by atoms with Crippen LogP contribution in [0, 0.1) is 6.92 Å². The van der Waals surface area contributed by atoms with Crippen molar-refractivity contribution in [3.05, 3.63) is 51.7 Å². The van der Waals surface area contributed by atoms with E-state index in [0.717, 1.165) is 18.7 Å². The summed E-state index contributed by atoms with van der Waals surface area (Å²) in [5, 5.41) is 3.23. The van der Waals surface area contributed by atoms with Crippen LogP contribution in [-0.4, -0.2) is 13.2 Å². The van der Waals surface area contributed by atoms with Gasteiger partial charge in [-0.05, 0) is 43.3 Å². The molecule has 6 heteroatoms. The fraction of sp³-hybridized carbons (Fsp3) is 0.333. The fourth-order valence-corrected chi connectivity index (χ4v) is 2.63. The van der Waals surface area contributed by atoms with E-state index in [1.165, 1.54) is 21.9 Å². The van der Waals surface area contributed by atoms with Crippen LogP contribution in [0.4, 0.5) is 13.2 Å². The summed E-state index contributed by atoms with van der Waals surface area (Å²) in [5.41, 5.74) is -0.666. The predicted octanol–water partition coefficient (Wildman–Crippen LogP) is 4.24. The maximum atomic E-state index is 12.4. The maximum Gasteiger partial charge on any atom is 0.416 e. The van der Waals surface area contributed by atoms with Crippen LogP contribution in [0.3, 0.4) is 0 Å². The summed E-state index contributed by atoms with van der Waals surface area (Å²) in [6, 6.07) is 8.87. The van der Waals surface area contributed by atoms with Gasteiger partial charge in [0.05, 0.1) is 5.56 Å². The van der Waals surface area contributed by atoms with Crippen LogP contribution in [0.5, 0.6) is 5.75 Å². The van der Waals surface area contributed by atoms with Crippen molar-refractivity contribution < 1.29 is 17.9 Å². The Balaban J connectivity index is 1.69. The molecule has 0 atom stereocenters. The first-order valence-corrected chi connectivity index (χ1v) is 7.33. The molecule has 2 rings (SSSR count). The second-order valence-corrected chi connectivity index (χ2v) is 5.93. The largest absolute Gasteiger partial charge is 0.492 e. The minimum atomic E-state index is -4.31. The van der Waals surface area contributed by atoms with Crippen LogP contribution in [0.2, 0.25) is 0 Å². The summed E-state index contributed by atoms with van der Waals surface area (Å²) < 4.78 is 42.5. The molecule has 0 amide bonds. The van der Waals surface area contributed by atoms with Crippen LogP contribution in [0.1, 0.15) is 15.3 Å². The molecule has 1 heterocycles. The zero-order chi connectivity index (χ0) is 15.3. The van der Waals surface area contributed by atoms with Gasteiger partial charge in [-0.2, -0.15) is 13.2 Å². The van der Waals surface area contributed by atoms with E-state index in [0.29, 0.717) is 18.9 Å². The third kappa shape index (κ3) is 5.06. The highest BCUT2D eigenvalue weighted by molar-refractivity contribution is 7.11. The number of alkyl halides is 3. The van der Waals surface area contributed by atoms with Crippen molar-refractivity contribution in [3.63, 3.8) is 0 Å². The minimum absolute atomic E-state index is 0.412. The van der Waals surface area contributed by atoms with Gasteiger partial charge >= 0.3 is 6.18 Å². The van der Waals surface area contributed by atoms with Gasteiger partial charge in [-0.1, -0.05) is 0 Å². The summed E-state index contributed by atoms with van der Waals surface area (Å²) in [6.07, 6.45) is -4.31. The van der Waals surface area contributed by atoms with Gasteiger partial charge in [-0.15, -0.1) is 11.3 Å². The highest BCUT2D eigenvalue weighted by atomic mass is 32.1. The second kappa shape index (κ2) is 6.95. The highest BCUT2D eigenvalue weighted by Crippen LogP contribution is 2.30. The first-order valence-electron chi connectivity index (χ1n) is 6.51. The zero-order valence-corrected chi connectivity index (χ0v) is 12.4. The SMILES string of the molecule is Cc1ccc(CNCCOc2ccc(C(F)(F)F)cc2)s1. The van der Waals surface area contributed by atoms with E-state index in [1.807, 2.05) is 0 Å². The van der Waals surface area contributed by atoms with Gasteiger partial charge in [-0.25, -0.2) is 0 Å². The first-order chi connectivity index (χ1) is 9.95. The molecule has 0 unspecified atom stereocenters. The minimum Gasteiger partial charge on any atom is -0.492 e. The molecule has 1 aromatic heterocycles. The van der Waals surface area contributed by atoms with Crippen LogP contribution < -0.4 is 10.1 Å². The Hall–Kier alpha value is -1.53. The molecule has 0 aliphatic heterocycles. The number of nitrogens with one attached hydrogen (secondary N) is 1. The number of thiophene rings is 1. The number of halogens is 3. The van der Waals surface area contributed by atoms with Crippen LogP contribution in [-0.2, 0) is 12.7 Å². The first kappa shape index (κ1) is 15.9. The molecule has 21 heavy (non-hydrogen) atoms. The molecule has 0 aliphatic rings. The van der Waals surface area contributed by atoms with Crippen molar-refractivity contribution in [2.45, 2.75) is 19.6 Å². The summed E-state index contributed by atoms with van der Waals surface area (Å²) >= 11 is 1.74. The lowest BCUT2D eigenvalue weighted by molar-refractivity contribution is -0.137. The Kier molecular flexibility index (Phi) is 5.25. The molecule has 0 bridgehead atoms. The van der Waals surface area contributed by atoms with Crippen LogP contribution in [0.15, 0.2) is 36.4 Å². The van der Waals surface area contributed by atoms with E-state index in [9.17, 15) is 13.2 Å². The van der Waals surface area contributed by atoms with Crippen LogP contribution >= 0.6 is 11.3 Å². The fourth-order valence-electron chi connectivity index (χ4n) is 1.77. The lowest BCUT2D eigenvalue weighted by Gasteiger charge is -2.09. The lowest BCUT2D eigenvalue weighted by atomic mass is 10.2. The quantitative estimate of drug-likeness (QED) is 0.805. The molecule has 114 valence electrons. The highest BCUT2D eigenvalue weighted by Gasteiger charge is 2.29. The zero-order valence-electron chi connectivity index (χ0n) is 11.5. The van der Waals surface area contributed by atoms with E-state index in [-0.39, 0.29) is 0 Å². The average Bonchev–Trinajstić information content (AvgIpc) is 2.84. The Morgan fingerprint density at radius 1 is 1.10 bits per heavy atom. The molecule has 1 aromatic carbocycles. The lowest BCUT2D eigenvalue weighted by Crippen LogP contribution is -2.20. The Morgan fingerprint density at radius 2 is 1.81 bits per heavy atom. The van der Waals surface area contributed by atoms with Crippen molar-refractivity contribution in [3.8, 4) is 5.75 Å². The molecule has 2 aromatic rings. The molecule has 0 aliphatic carbocycles. The molecule has 0 fully saturated rings. The molecular formula is C15H16F3NOS. The van der Waals surface area contributed by atoms with Gasteiger partial charge in [0.2, 0.25) is 0 Å². The predicted molar refractivity (Wildman–Crippen MR) is 77.7 cm³/mol. The molecular weight excluding hydrogens is 299 g/mol. The standard InChI is InChI=1S/C15H16F3NOS/c1-11-2-7-14(21-11)10-19-8-9-20-13-5-3-12(4-6-13)15(16,17)18/h2-7,19H,8-10H2,1H3. The number of aryl methyl sites for hydroxylation is 1. The van der Waals surface area contributed by atoms with E-state index in [4.69, 9.17) is 4.74 Å². The van der Waals surface area contributed by atoms with Crippen LogP contribution in [0.25, 0.3) is 0 Å². The molecule has 0 saturated carbocycles. The summed E-state index contributed by atoms with van der Waals surface area (Å²) in [4.78, 5) is 2.52. The maximum absolute atomic E-state index is 12.4. The Morgan fingerprint density at radius 3 is 2.38 bits per heavy atom. The van der Waals surface area contributed by atoms with Gasteiger partial charge in [0.1, 0.15) is 12.4 Å². The normalized spacial score (nSPS) is 11.6. The van der Waals surface area contributed by atoms with Crippen molar-refractivity contribution in [1.82, 2.24) is 5.32 Å². The number of benzene rings is 1. The smallest absolute Gasteiger partial charge is 0.416 e. The third-order valence-corrected chi connectivity index (χ3v) is 3.83. The topological polar surface area (TPSA) is 21.3 Å². The van der Waals surface area contributed by atoms with Gasteiger partial charge in [0.25, 0.3) is 0 Å². The van der Waals surface area contributed by atoms with Crippen molar-refractivity contribution >= 4 is 11.3 Å². The van der Waals surface area contributed by atoms with E-state index in [2.05, 4.69) is 24.4 Å². The second-order valence-electron chi connectivity index (χ2n) is 4.56. The van der Waals surface area contributed by atoms with Crippen molar-refractivity contribution in [1.29, 1.82) is 0 Å². The molecule has 0 radical (unpaired) electrons. The van der Waals surface area contributed by atoms with Gasteiger partial charge in [0.15, 0.2) is 0 Å². The van der Waals surface area contributed by atoms with E-state index < -0.39 is 11.7 Å². The average molecular weight is 315 g/mol. The summed E-state index contributed by atoms with van der Waals surface area (Å²) in [6.45, 7) is 3.88. The van der Waals surface area contributed by atoms with E-state index >= 15 is 0 Å². The number of hydrogen-bond donors (Lipinski definition) is 1. The summed E-state index contributed by atoms with van der Waals surface area (Å²) in [5.74, 6) is 0.441. The number of rotatable bonds is 6.